The molecule has 0 aliphatic carbocycles. The molecule has 102 valence electrons. The van der Waals surface area contributed by atoms with Crippen LogP contribution in [0.3, 0.4) is 0 Å². The van der Waals surface area contributed by atoms with E-state index in [2.05, 4.69) is 9.82 Å². The van der Waals surface area contributed by atoms with E-state index in [1.807, 2.05) is 6.92 Å². The largest absolute Gasteiger partial charge is 0.324 e. The Bertz CT molecular complexity index is 659. The van der Waals surface area contributed by atoms with Crippen molar-refractivity contribution >= 4 is 15.7 Å². The summed E-state index contributed by atoms with van der Waals surface area (Å²) in [6.07, 6.45) is 1.44. The minimum Gasteiger partial charge on any atom is -0.324 e. The molecule has 2 aromatic rings. The molecule has 0 aliphatic rings. The van der Waals surface area contributed by atoms with E-state index in [-0.39, 0.29) is 11.1 Å². The molecule has 0 saturated heterocycles. The first-order valence-corrected chi connectivity index (χ1v) is 7.25. The first kappa shape index (κ1) is 13.6. The van der Waals surface area contributed by atoms with Crippen LogP contribution >= 0.6 is 0 Å². The van der Waals surface area contributed by atoms with Gasteiger partial charge in [-0.1, -0.05) is 12.1 Å². The molecule has 3 N–H and O–H groups in total. The van der Waals surface area contributed by atoms with Crippen LogP contribution in [0, 0.1) is 0 Å². The van der Waals surface area contributed by atoms with Gasteiger partial charge < -0.3 is 5.73 Å². The molecular weight excluding hydrogens is 264 g/mol. The fraction of sp³-hybridized carbons (Fsp3) is 0.250. The van der Waals surface area contributed by atoms with Crippen molar-refractivity contribution in [3.63, 3.8) is 0 Å². The topological polar surface area (TPSA) is 90.0 Å². The predicted octanol–water partition coefficient (Wildman–Crippen LogP) is 1.24. The average molecular weight is 280 g/mol. The Morgan fingerprint density at radius 3 is 2.37 bits per heavy atom. The highest BCUT2D eigenvalue weighted by Crippen LogP contribution is 2.17. The van der Waals surface area contributed by atoms with E-state index in [9.17, 15) is 8.42 Å². The lowest BCUT2D eigenvalue weighted by molar-refractivity contribution is 0.582. The third-order valence-electron chi connectivity index (χ3n) is 2.74. The Balaban J connectivity index is 2.24. The van der Waals surface area contributed by atoms with Gasteiger partial charge in [-0.2, -0.15) is 13.5 Å². The highest BCUT2D eigenvalue weighted by Gasteiger charge is 2.17. The van der Waals surface area contributed by atoms with Crippen LogP contribution < -0.4 is 10.5 Å². The van der Waals surface area contributed by atoms with Gasteiger partial charge in [-0.3, -0.25) is 9.40 Å². The van der Waals surface area contributed by atoms with Crippen LogP contribution in [-0.4, -0.2) is 18.2 Å². The molecule has 1 heterocycles. The second kappa shape index (κ2) is 5.02. The molecule has 0 aliphatic heterocycles. The second-order valence-electron chi connectivity index (χ2n) is 4.31. The molecule has 19 heavy (non-hydrogen) atoms. The van der Waals surface area contributed by atoms with Crippen LogP contribution in [0.5, 0.6) is 0 Å². The maximum atomic E-state index is 12.1. The molecular formula is C12H16N4O2S. The van der Waals surface area contributed by atoms with Gasteiger partial charge in [0.2, 0.25) is 0 Å². The number of rotatable bonds is 4. The van der Waals surface area contributed by atoms with Crippen molar-refractivity contribution in [2.75, 3.05) is 4.72 Å². The molecule has 6 nitrogen and oxygen atoms in total. The molecule has 0 fully saturated rings. The number of aromatic nitrogens is 2. The Labute approximate surface area is 112 Å². The van der Waals surface area contributed by atoms with E-state index in [1.54, 1.807) is 31.3 Å². The number of hydrogen-bond acceptors (Lipinski definition) is 4. The Morgan fingerprint density at radius 2 is 1.89 bits per heavy atom. The summed E-state index contributed by atoms with van der Waals surface area (Å²) in [5, 5.41) is 3.96. The summed E-state index contributed by atoms with van der Waals surface area (Å²) in [5.74, 6) is 0. The molecule has 0 radical (unpaired) electrons. The normalized spacial score (nSPS) is 13.2. The smallest absolute Gasteiger partial charge is 0.279 e. The zero-order valence-corrected chi connectivity index (χ0v) is 11.6. The number of anilines is 1. The molecule has 0 saturated carbocycles. The predicted molar refractivity (Wildman–Crippen MR) is 73.1 cm³/mol. The fourth-order valence-corrected chi connectivity index (χ4v) is 2.87. The van der Waals surface area contributed by atoms with Crippen LogP contribution in [-0.2, 0) is 17.1 Å². The van der Waals surface area contributed by atoms with Crippen LogP contribution in [0.4, 0.5) is 5.69 Å². The number of hydrogen-bond donors (Lipinski definition) is 2. The maximum absolute atomic E-state index is 12.1. The zero-order valence-electron chi connectivity index (χ0n) is 10.7. The number of aryl methyl sites for hydroxylation is 1. The molecule has 1 unspecified atom stereocenters. The van der Waals surface area contributed by atoms with Crippen molar-refractivity contribution in [2.24, 2.45) is 12.8 Å². The van der Waals surface area contributed by atoms with E-state index in [0.717, 1.165) is 5.56 Å². The van der Waals surface area contributed by atoms with Gasteiger partial charge >= 0.3 is 0 Å². The van der Waals surface area contributed by atoms with E-state index in [4.69, 9.17) is 5.73 Å². The van der Waals surface area contributed by atoms with E-state index in [0.29, 0.717) is 5.69 Å². The first-order valence-electron chi connectivity index (χ1n) is 5.76. The van der Waals surface area contributed by atoms with Crippen molar-refractivity contribution in [3.8, 4) is 0 Å². The van der Waals surface area contributed by atoms with Crippen molar-refractivity contribution in [3.05, 3.63) is 42.1 Å². The van der Waals surface area contributed by atoms with Crippen molar-refractivity contribution in [1.29, 1.82) is 0 Å². The van der Waals surface area contributed by atoms with Crippen molar-refractivity contribution in [2.45, 2.75) is 18.0 Å². The number of sulfonamides is 1. The lowest BCUT2D eigenvalue weighted by Gasteiger charge is -2.10. The maximum Gasteiger partial charge on any atom is 0.279 e. The number of nitrogens with two attached hydrogens (primary N) is 1. The monoisotopic (exact) mass is 280 g/mol. The Kier molecular flexibility index (Phi) is 3.59. The molecule has 1 aromatic heterocycles. The Morgan fingerprint density at radius 1 is 1.26 bits per heavy atom. The van der Waals surface area contributed by atoms with E-state index >= 15 is 0 Å². The molecule has 0 spiro atoms. The summed E-state index contributed by atoms with van der Waals surface area (Å²) < 4.78 is 28.0. The lowest BCUT2D eigenvalue weighted by atomic mass is 10.1. The lowest BCUT2D eigenvalue weighted by Crippen LogP contribution is -2.16. The summed E-state index contributed by atoms with van der Waals surface area (Å²) in [7, 11) is -2.04. The highest BCUT2D eigenvalue weighted by molar-refractivity contribution is 7.92. The van der Waals surface area contributed by atoms with Crippen LogP contribution in [0.25, 0.3) is 0 Å². The Hall–Kier alpha value is -1.86. The number of nitrogens with one attached hydrogen (secondary N) is 1. The average Bonchev–Trinajstić information content (AvgIpc) is 2.76. The number of benzene rings is 1. The van der Waals surface area contributed by atoms with Crippen molar-refractivity contribution < 1.29 is 8.42 Å². The number of nitrogens with zero attached hydrogens (tertiary/aromatic N) is 2. The molecule has 2 rings (SSSR count). The highest BCUT2D eigenvalue weighted by atomic mass is 32.2. The van der Waals surface area contributed by atoms with Crippen LogP contribution in [0.1, 0.15) is 18.5 Å². The standard InChI is InChI=1S/C12H16N4O2S/c1-9(13)10-3-5-11(6-4-10)15-19(17,18)12-7-8-14-16(12)2/h3-9,15H,13H2,1-2H3. The van der Waals surface area contributed by atoms with Gasteiger partial charge in [0, 0.05) is 18.8 Å². The van der Waals surface area contributed by atoms with Gasteiger partial charge in [-0.25, -0.2) is 0 Å². The zero-order chi connectivity index (χ0) is 14.0. The van der Waals surface area contributed by atoms with Crippen molar-refractivity contribution in [1.82, 2.24) is 9.78 Å². The van der Waals surface area contributed by atoms with E-state index in [1.165, 1.54) is 16.9 Å². The summed E-state index contributed by atoms with van der Waals surface area (Å²) in [4.78, 5) is 0. The molecule has 1 aromatic carbocycles. The quantitative estimate of drug-likeness (QED) is 0.881. The van der Waals surface area contributed by atoms with Gasteiger partial charge in [0.15, 0.2) is 5.03 Å². The molecule has 0 bridgehead atoms. The molecule has 7 heteroatoms. The molecule has 1 atom stereocenters. The van der Waals surface area contributed by atoms with Crippen LogP contribution in [0.15, 0.2) is 41.6 Å². The minimum absolute atomic E-state index is 0.0808. The summed E-state index contributed by atoms with van der Waals surface area (Å²) in [6, 6.07) is 8.33. The van der Waals surface area contributed by atoms with Gasteiger partial charge in [-0.15, -0.1) is 0 Å². The van der Waals surface area contributed by atoms with Gasteiger partial charge in [0.25, 0.3) is 10.0 Å². The summed E-state index contributed by atoms with van der Waals surface area (Å²) in [5.41, 5.74) is 7.18. The van der Waals surface area contributed by atoms with Gasteiger partial charge in [0.1, 0.15) is 0 Å². The SMILES string of the molecule is CC(N)c1ccc(NS(=O)(=O)c2ccnn2C)cc1. The summed E-state index contributed by atoms with van der Waals surface area (Å²) >= 11 is 0. The molecule has 0 amide bonds. The summed E-state index contributed by atoms with van der Waals surface area (Å²) in [6.45, 7) is 1.87. The minimum atomic E-state index is -3.61. The fourth-order valence-electron chi connectivity index (χ4n) is 1.69. The third kappa shape index (κ3) is 2.94. The van der Waals surface area contributed by atoms with Crippen LogP contribution in [0.2, 0.25) is 0 Å². The first-order chi connectivity index (χ1) is 8.90. The second-order valence-corrected chi connectivity index (χ2v) is 5.94. The van der Waals surface area contributed by atoms with E-state index < -0.39 is 10.0 Å². The van der Waals surface area contributed by atoms with Gasteiger partial charge in [-0.05, 0) is 30.7 Å². The third-order valence-corrected chi connectivity index (χ3v) is 4.20. The van der Waals surface area contributed by atoms with Gasteiger partial charge in [0.05, 0.1) is 6.20 Å².